The van der Waals surface area contributed by atoms with Gasteiger partial charge >= 0.3 is 12.0 Å². The maximum absolute atomic E-state index is 12.0. The topological polar surface area (TPSA) is 98.7 Å². The van der Waals surface area contributed by atoms with Gasteiger partial charge in [-0.2, -0.15) is 0 Å². The second kappa shape index (κ2) is 7.28. The van der Waals surface area contributed by atoms with Crippen molar-refractivity contribution in [2.24, 2.45) is 0 Å². The molecule has 0 heterocycles. The zero-order valence-corrected chi connectivity index (χ0v) is 12.9. The predicted molar refractivity (Wildman–Crippen MR) is 77.9 cm³/mol. The molecule has 0 bridgehead atoms. The molecule has 120 valence electrons. The number of carboxylic acids is 1. The van der Waals surface area contributed by atoms with Crippen molar-refractivity contribution in [1.82, 2.24) is 15.5 Å². The van der Waals surface area contributed by atoms with Gasteiger partial charge in [-0.05, 0) is 26.7 Å². The molecule has 0 aromatic heterocycles. The molecule has 7 nitrogen and oxygen atoms in total. The number of aliphatic carboxylic acids is 1. The van der Waals surface area contributed by atoms with Crippen LogP contribution in [0, 0.1) is 0 Å². The molecule has 1 saturated carbocycles. The fraction of sp³-hybridized carbons (Fsp3) is 0.786. The Kier molecular flexibility index (Phi) is 5.99. The van der Waals surface area contributed by atoms with E-state index in [1.807, 2.05) is 6.92 Å². The van der Waals surface area contributed by atoms with Gasteiger partial charge in [-0.15, -0.1) is 0 Å². The average molecular weight is 299 g/mol. The summed E-state index contributed by atoms with van der Waals surface area (Å²) < 4.78 is 0. The molecule has 1 atom stereocenters. The number of hydrogen-bond donors (Lipinski definition) is 3. The van der Waals surface area contributed by atoms with E-state index in [-0.39, 0.29) is 12.3 Å². The molecule has 0 spiro atoms. The van der Waals surface area contributed by atoms with Gasteiger partial charge in [0.25, 0.3) is 0 Å². The third-order valence-electron chi connectivity index (χ3n) is 4.00. The summed E-state index contributed by atoms with van der Waals surface area (Å²) in [5.74, 6) is -1.10. The van der Waals surface area contributed by atoms with Crippen LogP contribution in [-0.2, 0) is 9.59 Å². The van der Waals surface area contributed by atoms with Gasteiger partial charge in [0, 0.05) is 13.6 Å². The molecule has 1 unspecified atom stereocenters. The van der Waals surface area contributed by atoms with E-state index in [0.717, 1.165) is 12.8 Å². The summed E-state index contributed by atoms with van der Waals surface area (Å²) in [7, 11) is 1.67. The first-order chi connectivity index (χ1) is 9.79. The van der Waals surface area contributed by atoms with Crippen molar-refractivity contribution in [1.29, 1.82) is 0 Å². The van der Waals surface area contributed by atoms with Crippen LogP contribution in [0.2, 0.25) is 0 Å². The number of likely N-dealkylation sites (N-methyl/N-ethyl adjacent to an activating group) is 1. The summed E-state index contributed by atoms with van der Waals surface area (Å²) in [6.45, 7) is 4.03. The number of amides is 3. The highest BCUT2D eigenvalue weighted by molar-refractivity contribution is 5.87. The van der Waals surface area contributed by atoms with E-state index in [1.165, 1.54) is 4.90 Å². The highest BCUT2D eigenvalue weighted by Crippen LogP contribution is 2.32. The Morgan fingerprint density at radius 1 is 1.29 bits per heavy atom. The summed E-state index contributed by atoms with van der Waals surface area (Å²) in [5, 5.41) is 14.3. The summed E-state index contributed by atoms with van der Waals surface area (Å²) in [5.41, 5.74) is -0.685. The summed E-state index contributed by atoms with van der Waals surface area (Å²) in [4.78, 5) is 36.4. The van der Waals surface area contributed by atoms with Crippen LogP contribution in [0.25, 0.3) is 0 Å². The largest absolute Gasteiger partial charge is 0.481 e. The van der Waals surface area contributed by atoms with Gasteiger partial charge in [0.15, 0.2) is 0 Å². The first-order valence-electron chi connectivity index (χ1n) is 7.35. The normalized spacial score (nSPS) is 17.9. The van der Waals surface area contributed by atoms with Crippen LogP contribution < -0.4 is 10.6 Å². The van der Waals surface area contributed by atoms with Gasteiger partial charge in [0.2, 0.25) is 5.91 Å². The molecule has 0 aromatic rings. The molecule has 1 aliphatic rings. The van der Waals surface area contributed by atoms with E-state index in [2.05, 4.69) is 10.6 Å². The monoisotopic (exact) mass is 299 g/mol. The van der Waals surface area contributed by atoms with Crippen molar-refractivity contribution in [3.63, 3.8) is 0 Å². The van der Waals surface area contributed by atoms with Crippen LogP contribution in [0.15, 0.2) is 0 Å². The predicted octanol–water partition coefficient (Wildman–Crippen LogP) is 0.940. The van der Waals surface area contributed by atoms with Crippen LogP contribution in [0.4, 0.5) is 4.79 Å². The van der Waals surface area contributed by atoms with E-state index in [0.29, 0.717) is 19.4 Å². The minimum atomic E-state index is -0.924. The van der Waals surface area contributed by atoms with Gasteiger partial charge in [-0.3, -0.25) is 9.59 Å². The van der Waals surface area contributed by atoms with Crippen LogP contribution in [0.3, 0.4) is 0 Å². The van der Waals surface area contributed by atoms with Crippen LogP contribution >= 0.6 is 0 Å². The maximum Gasteiger partial charge on any atom is 0.315 e. The van der Waals surface area contributed by atoms with E-state index in [4.69, 9.17) is 5.11 Å². The standard InChI is InChI=1S/C14H25N3O4/c1-4-17(3)12(20)10(2)15-13(21)16-14(9-11(18)19)7-5-6-8-14/h10H,4-9H2,1-3H3,(H,18,19)(H2,15,16,21). The Morgan fingerprint density at radius 3 is 2.33 bits per heavy atom. The Balaban J connectivity index is 2.58. The van der Waals surface area contributed by atoms with E-state index in [9.17, 15) is 14.4 Å². The molecule has 0 aromatic carbocycles. The molecule has 0 radical (unpaired) electrons. The number of rotatable bonds is 6. The minimum absolute atomic E-state index is 0.0857. The summed E-state index contributed by atoms with van der Waals surface area (Å²) in [6, 6.07) is -1.12. The first kappa shape index (κ1) is 17.3. The molecule has 3 amide bonds. The molecule has 0 saturated heterocycles. The lowest BCUT2D eigenvalue weighted by atomic mass is 9.93. The van der Waals surface area contributed by atoms with Crippen LogP contribution in [0.1, 0.15) is 46.0 Å². The van der Waals surface area contributed by atoms with Crippen LogP contribution in [0.5, 0.6) is 0 Å². The van der Waals surface area contributed by atoms with Crippen molar-refractivity contribution >= 4 is 17.9 Å². The highest BCUT2D eigenvalue weighted by Gasteiger charge is 2.37. The quantitative estimate of drug-likeness (QED) is 0.679. The Hall–Kier alpha value is -1.79. The lowest BCUT2D eigenvalue weighted by molar-refractivity contribution is -0.138. The number of carbonyl (C=O) groups excluding carboxylic acids is 2. The number of urea groups is 1. The number of carbonyl (C=O) groups is 3. The van der Waals surface area contributed by atoms with Gasteiger partial charge in [-0.1, -0.05) is 12.8 Å². The number of hydrogen-bond acceptors (Lipinski definition) is 3. The summed E-state index contributed by atoms with van der Waals surface area (Å²) in [6.07, 6.45) is 3.03. The molecular weight excluding hydrogens is 274 g/mol. The average Bonchev–Trinajstić information content (AvgIpc) is 2.83. The van der Waals surface area contributed by atoms with Gasteiger partial charge in [0.1, 0.15) is 6.04 Å². The van der Waals surface area contributed by atoms with E-state index < -0.39 is 23.6 Å². The third-order valence-corrected chi connectivity index (χ3v) is 4.00. The van der Waals surface area contributed by atoms with Crippen molar-refractivity contribution in [3.05, 3.63) is 0 Å². The van der Waals surface area contributed by atoms with Crippen molar-refractivity contribution in [2.75, 3.05) is 13.6 Å². The minimum Gasteiger partial charge on any atom is -0.481 e. The molecule has 1 fully saturated rings. The number of nitrogens with zero attached hydrogens (tertiary/aromatic N) is 1. The van der Waals surface area contributed by atoms with E-state index in [1.54, 1.807) is 14.0 Å². The lowest BCUT2D eigenvalue weighted by Crippen LogP contribution is -2.55. The highest BCUT2D eigenvalue weighted by atomic mass is 16.4. The van der Waals surface area contributed by atoms with Gasteiger partial charge in [0.05, 0.1) is 12.0 Å². The molecular formula is C14H25N3O4. The molecule has 21 heavy (non-hydrogen) atoms. The first-order valence-corrected chi connectivity index (χ1v) is 7.35. The van der Waals surface area contributed by atoms with Crippen molar-refractivity contribution in [3.8, 4) is 0 Å². The Morgan fingerprint density at radius 2 is 1.86 bits per heavy atom. The fourth-order valence-corrected chi connectivity index (χ4v) is 2.71. The second-order valence-corrected chi connectivity index (χ2v) is 5.73. The molecule has 0 aliphatic heterocycles. The maximum atomic E-state index is 12.0. The zero-order valence-electron chi connectivity index (χ0n) is 12.9. The van der Waals surface area contributed by atoms with E-state index >= 15 is 0 Å². The molecule has 7 heteroatoms. The van der Waals surface area contributed by atoms with Crippen molar-refractivity contribution < 1.29 is 19.5 Å². The molecule has 1 rings (SSSR count). The SMILES string of the molecule is CCN(C)C(=O)C(C)NC(=O)NC1(CC(=O)O)CCCC1. The zero-order chi connectivity index (χ0) is 16.0. The van der Waals surface area contributed by atoms with Crippen LogP contribution in [-0.4, -0.2) is 53.1 Å². The summed E-state index contributed by atoms with van der Waals surface area (Å²) >= 11 is 0. The number of carboxylic acid groups (broad SMARTS) is 1. The van der Waals surface area contributed by atoms with Crippen molar-refractivity contribution in [2.45, 2.75) is 57.5 Å². The Bertz CT molecular complexity index is 405. The number of nitrogens with one attached hydrogen (secondary N) is 2. The lowest BCUT2D eigenvalue weighted by Gasteiger charge is -2.30. The molecule has 3 N–H and O–H groups in total. The third kappa shape index (κ3) is 4.91. The second-order valence-electron chi connectivity index (χ2n) is 5.73. The Labute approximate surface area is 125 Å². The fourth-order valence-electron chi connectivity index (χ4n) is 2.71. The smallest absolute Gasteiger partial charge is 0.315 e. The van der Waals surface area contributed by atoms with Gasteiger partial charge < -0.3 is 20.6 Å². The molecule has 1 aliphatic carbocycles. The van der Waals surface area contributed by atoms with Gasteiger partial charge in [-0.25, -0.2) is 4.79 Å².